The molecule has 68 valence electrons. The Hall–Kier alpha value is -0.320. The summed E-state index contributed by atoms with van der Waals surface area (Å²) >= 11 is 3.30. The number of methoxy groups -OCH3 is 1. The standard InChI is InChI=1S/C8H12BrNO2/c1-11-5-3-10-6-7-2-4-12-8(7)9/h2,4,10H,3,5-6H2,1H3. The normalized spacial score (nSPS) is 10.5. The van der Waals surface area contributed by atoms with E-state index in [1.807, 2.05) is 6.07 Å². The summed E-state index contributed by atoms with van der Waals surface area (Å²) in [6.45, 7) is 2.39. The number of ether oxygens (including phenoxy) is 1. The van der Waals surface area contributed by atoms with Gasteiger partial charge in [-0.1, -0.05) is 0 Å². The van der Waals surface area contributed by atoms with Crippen LogP contribution < -0.4 is 5.32 Å². The first-order chi connectivity index (χ1) is 5.84. The summed E-state index contributed by atoms with van der Waals surface area (Å²) in [6.07, 6.45) is 1.66. The summed E-state index contributed by atoms with van der Waals surface area (Å²) < 4.78 is 10.8. The van der Waals surface area contributed by atoms with E-state index in [0.717, 1.165) is 29.9 Å². The minimum absolute atomic E-state index is 0.732. The molecule has 0 amide bonds. The lowest BCUT2D eigenvalue weighted by Crippen LogP contribution is -2.18. The molecule has 0 aliphatic heterocycles. The van der Waals surface area contributed by atoms with Gasteiger partial charge in [0.2, 0.25) is 0 Å². The van der Waals surface area contributed by atoms with Crippen LogP contribution in [0, 0.1) is 0 Å². The monoisotopic (exact) mass is 233 g/mol. The van der Waals surface area contributed by atoms with Crippen LogP contribution >= 0.6 is 15.9 Å². The van der Waals surface area contributed by atoms with Crippen molar-refractivity contribution in [1.29, 1.82) is 0 Å². The zero-order valence-electron chi connectivity index (χ0n) is 6.97. The van der Waals surface area contributed by atoms with Crippen molar-refractivity contribution in [3.8, 4) is 0 Å². The van der Waals surface area contributed by atoms with Crippen molar-refractivity contribution in [3.63, 3.8) is 0 Å². The Morgan fingerprint density at radius 3 is 3.08 bits per heavy atom. The van der Waals surface area contributed by atoms with Gasteiger partial charge in [-0.25, -0.2) is 0 Å². The minimum atomic E-state index is 0.732. The highest BCUT2D eigenvalue weighted by molar-refractivity contribution is 9.10. The predicted molar refractivity (Wildman–Crippen MR) is 50.0 cm³/mol. The van der Waals surface area contributed by atoms with Gasteiger partial charge >= 0.3 is 0 Å². The second-order valence-electron chi connectivity index (χ2n) is 2.39. The third kappa shape index (κ3) is 2.97. The maximum Gasteiger partial charge on any atom is 0.173 e. The third-order valence-electron chi connectivity index (χ3n) is 1.49. The van der Waals surface area contributed by atoms with Crippen LogP contribution in [-0.4, -0.2) is 20.3 Å². The quantitative estimate of drug-likeness (QED) is 0.788. The van der Waals surface area contributed by atoms with Crippen molar-refractivity contribution in [2.24, 2.45) is 0 Å². The molecule has 0 aromatic carbocycles. The Morgan fingerprint density at radius 1 is 1.67 bits per heavy atom. The maximum absolute atomic E-state index is 5.07. The molecule has 0 aliphatic carbocycles. The Morgan fingerprint density at radius 2 is 2.50 bits per heavy atom. The average Bonchev–Trinajstić information content (AvgIpc) is 2.46. The van der Waals surface area contributed by atoms with E-state index in [1.54, 1.807) is 13.4 Å². The lowest BCUT2D eigenvalue weighted by atomic mass is 10.3. The van der Waals surface area contributed by atoms with E-state index in [1.165, 1.54) is 0 Å². The van der Waals surface area contributed by atoms with Crippen LogP contribution in [0.2, 0.25) is 0 Å². The van der Waals surface area contributed by atoms with E-state index in [0.29, 0.717) is 0 Å². The summed E-state index contributed by atoms with van der Waals surface area (Å²) in [5, 5.41) is 3.21. The average molecular weight is 234 g/mol. The molecular weight excluding hydrogens is 222 g/mol. The first-order valence-corrected chi connectivity index (χ1v) is 4.55. The highest BCUT2D eigenvalue weighted by atomic mass is 79.9. The van der Waals surface area contributed by atoms with Gasteiger partial charge in [-0.05, 0) is 22.0 Å². The van der Waals surface area contributed by atoms with Gasteiger partial charge in [-0.2, -0.15) is 0 Å². The van der Waals surface area contributed by atoms with Crippen LogP contribution in [0.3, 0.4) is 0 Å². The molecule has 1 aromatic rings. The smallest absolute Gasteiger partial charge is 0.173 e. The molecule has 1 aromatic heterocycles. The Bertz CT molecular complexity index is 225. The Kier molecular flexibility index (Phi) is 4.35. The van der Waals surface area contributed by atoms with Crippen molar-refractivity contribution < 1.29 is 9.15 Å². The number of halogens is 1. The summed E-state index contributed by atoms with van der Waals surface area (Å²) in [5.74, 6) is 0. The summed E-state index contributed by atoms with van der Waals surface area (Å²) in [5.41, 5.74) is 1.13. The fourth-order valence-corrected chi connectivity index (χ4v) is 1.22. The van der Waals surface area contributed by atoms with Crippen molar-refractivity contribution in [2.45, 2.75) is 6.54 Å². The lowest BCUT2D eigenvalue weighted by Gasteiger charge is -2.01. The van der Waals surface area contributed by atoms with Crippen LogP contribution in [0.15, 0.2) is 21.4 Å². The molecule has 12 heavy (non-hydrogen) atoms. The van der Waals surface area contributed by atoms with Gasteiger partial charge in [-0.3, -0.25) is 0 Å². The molecule has 0 unspecified atom stereocenters. The van der Waals surface area contributed by atoms with Gasteiger partial charge in [0.25, 0.3) is 0 Å². The second-order valence-corrected chi connectivity index (χ2v) is 3.11. The van der Waals surface area contributed by atoms with Crippen LogP contribution in [-0.2, 0) is 11.3 Å². The van der Waals surface area contributed by atoms with Crippen LogP contribution in [0.25, 0.3) is 0 Å². The number of hydrogen-bond donors (Lipinski definition) is 1. The molecule has 0 saturated heterocycles. The number of furan rings is 1. The summed E-state index contributed by atoms with van der Waals surface area (Å²) in [4.78, 5) is 0. The Balaban J connectivity index is 2.20. The molecule has 1 N–H and O–H groups in total. The van der Waals surface area contributed by atoms with E-state index < -0.39 is 0 Å². The molecule has 0 bridgehead atoms. The largest absolute Gasteiger partial charge is 0.457 e. The fourth-order valence-electron chi connectivity index (χ4n) is 0.843. The number of rotatable bonds is 5. The van der Waals surface area contributed by atoms with Gasteiger partial charge < -0.3 is 14.5 Å². The summed E-state index contributed by atoms with van der Waals surface area (Å²) in [6, 6.07) is 1.93. The van der Waals surface area contributed by atoms with Crippen LogP contribution in [0.4, 0.5) is 0 Å². The minimum Gasteiger partial charge on any atom is -0.457 e. The fraction of sp³-hybridized carbons (Fsp3) is 0.500. The third-order valence-corrected chi connectivity index (χ3v) is 2.19. The molecule has 0 spiro atoms. The van der Waals surface area contributed by atoms with Crippen molar-refractivity contribution in [2.75, 3.05) is 20.3 Å². The molecular formula is C8H12BrNO2. The van der Waals surface area contributed by atoms with Gasteiger partial charge in [0.1, 0.15) is 0 Å². The highest BCUT2D eigenvalue weighted by Crippen LogP contribution is 2.16. The SMILES string of the molecule is COCCNCc1ccoc1Br. The van der Waals surface area contributed by atoms with Crippen molar-refractivity contribution in [3.05, 3.63) is 22.6 Å². The maximum atomic E-state index is 5.07. The molecule has 0 fully saturated rings. The molecule has 3 nitrogen and oxygen atoms in total. The topological polar surface area (TPSA) is 34.4 Å². The molecule has 0 aliphatic rings. The van der Waals surface area contributed by atoms with E-state index in [-0.39, 0.29) is 0 Å². The zero-order valence-corrected chi connectivity index (χ0v) is 8.56. The first-order valence-electron chi connectivity index (χ1n) is 3.76. The van der Waals surface area contributed by atoms with Gasteiger partial charge in [0.15, 0.2) is 4.67 Å². The summed E-state index contributed by atoms with van der Waals surface area (Å²) in [7, 11) is 1.69. The second kappa shape index (κ2) is 5.35. The van der Waals surface area contributed by atoms with E-state index in [4.69, 9.17) is 9.15 Å². The molecule has 0 radical (unpaired) electrons. The number of nitrogens with one attached hydrogen (secondary N) is 1. The molecule has 0 atom stereocenters. The molecule has 4 heteroatoms. The Labute approximate surface area is 80.2 Å². The van der Waals surface area contributed by atoms with Crippen LogP contribution in [0.5, 0.6) is 0 Å². The van der Waals surface area contributed by atoms with E-state index >= 15 is 0 Å². The molecule has 1 rings (SSSR count). The van der Waals surface area contributed by atoms with E-state index in [2.05, 4.69) is 21.2 Å². The first kappa shape index (κ1) is 9.77. The lowest BCUT2D eigenvalue weighted by molar-refractivity contribution is 0.199. The zero-order chi connectivity index (χ0) is 8.81. The van der Waals surface area contributed by atoms with Crippen molar-refractivity contribution >= 4 is 15.9 Å². The van der Waals surface area contributed by atoms with Crippen LogP contribution in [0.1, 0.15) is 5.56 Å². The molecule has 1 heterocycles. The molecule has 0 saturated carbocycles. The van der Waals surface area contributed by atoms with Gasteiger partial charge in [-0.15, -0.1) is 0 Å². The van der Waals surface area contributed by atoms with Gasteiger partial charge in [0.05, 0.1) is 12.9 Å². The van der Waals surface area contributed by atoms with Gasteiger partial charge in [0, 0.05) is 25.8 Å². The van der Waals surface area contributed by atoms with E-state index in [9.17, 15) is 0 Å². The highest BCUT2D eigenvalue weighted by Gasteiger charge is 2.00. The number of hydrogen-bond acceptors (Lipinski definition) is 3. The van der Waals surface area contributed by atoms with Crippen molar-refractivity contribution in [1.82, 2.24) is 5.32 Å². The predicted octanol–water partition coefficient (Wildman–Crippen LogP) is 1.78.